The molecule has 23 heavy (non-hydrogen) atoms. The second kappa shape index (κ2) is 7.09. The molecule has 0 aromatic heterocycles. The highest BCUT2D eigenvalue weighted by atomic mass is 16.5. The van der Waals surface area contributed by atoms with E-state index in [2.05, 4.69) is 4.74 Å². The van der Waals surface area contributed by atoms with E-state index in [1.807, 2.05) is 43.3 Å². The molecule has 0 fully saturated rings. The third-order valence-corrected chi connectivity index (χ3v) is 3.96. The number of hydrogen-bond donors (Lipinski definition) is 0. The molecule has 1 unspecified atom stereocenters. The number of esters is 1. The molecule has 0 heterocycles. The molecule has 2 rings (SSSR count). The van der Waals surface area contributed by atoms with Gasteiger partial charge in [-0.1, -0.05) is 24.3 Å². The van der Waals surface area contributed by atoms with Crippen LogP contribution in [0.3, 0.4) is 0 Å². The summed E-state index contributed by atoms with van der Waals surface area (Å²) in [4.78, 5) is 23.2. The highest BCUT2D eigenvalue weighted by Crippen LogP contribution is 2.28. The topological polar surface area (TPSA) is 52.6 Å². The monoisotopic (exact) mass is 312 g/mol. The molecule has 0 amide bonds. The normalized spacial score (nSPS) is 13.0. The van der Waals surface area contributed by atoms with Gasteiger partial charge < -0.3 is 14.3 Å². The summed E-state index contributed by atoms with van der Waals surface area (Å²) >= 11 is 0. The average molecular weight is 312 g/mol. The van der Waals surface area contributed by atoms with Crippen LogP contribution in [-0.2, 0) is 21.4 Å². The largest absolute Gasteiger partial charge is 0.497 e. The van der Waals surface area contributed by atoms with Gasteiger partial charge >= 0.3 is 5.97 Å². The lowest BCUT2D eigenvalue weighted by atomic mass is 9.78. The summed E-state index contributed by atoms with van der Waals surface area (Å²) in [5.74, 6) is 0.384. The predicted octanol–water partition coefficient (Wildman–Crippen LogP) is 3.18. The Kier molecular flexibility index (Phi) is 5.16. The van der Waals surface area contributed by atoms with E-state index in [1.165, 1.54) is 7.11 Å². The van der Waals surface area contributed by atoms with Crippen molar-refractivity contribution >= 4 is 12.3 Å². The number of ether oxygens (including phenoxy) is 2. The fraction of sp³-hybridized carbons (Fsp3) is 0.263. The van der Waals surface area contributed by atoms with Crippen molar-refractivity contribution < 1.29 is 19.1 Å². The molecule has 0 aliphatic carbocycles. The molecule has 1 atom stereocenters. The molecule has 0 spiro atoms. The first-order valence-corrected chi connectivity index (χ1v) is 7.30. The zero-order valence-electron chi connectivity index (χ0n) is 13.5. The number of methoxy groups -OCH3 is 2. The zero-order valence-corrected chi connectivity index (χ0v) is 13.5. The lowest BCUT2D eigenvalue weighted by Crippen LogP contribution is -2.26. The van der Waals surface area contributed by atoms with E-state index in [0.717, 1.165) is 23.2 Å². The van der Waals surface area contributed by atoms with Gasteiger partial charge in [-0.2, -0.15) is 0 Å². The van der Waals surface area contributed by atoms with Crippen molar-refractivity contribution in [1.29, 1.82) is 0 Å². The fourth-order valence-corrected chi connectivity index (χ4v) is 2.48. The maximum absolute atomic E-state index is 11.7. The average Bonchev–Trinajstić information content (AvgIpc) is 2.61. The van der Waals surface area contributed by atoms with E-state index in [4.69, 9.17) is 4.74 Å². The van der Waals surface area contributed by atoms with Gasteiger partial charge in [-0.15, -0.1) is 0 Å². The smallest absolute Gasteiger partial charge is 0.337 e. The molecular formula is C19H20O4. The minimum atomic E-state index is -0.640. The van der Waals surface area contributed by atoms with Crippen LogP contribution in [0.25, 0.3) is 0 Å². The minimum Gasteiger partial charge on any atom is -0.497 e. The molecule has 0 bridgehead atoms. The van der Waals surface area contributed by atoms with Gasteiger partial charge in [0.15, 0.2) is 0 Å². The number of aldehydes is 1. The van der Waals surface area contributed by atoms with Crippen LogP contribution in [0.4, 0.5) is 0 Å². The van der Waals surface area contributed by atoms with Gasteiger partial charge in [0.05, 0.1) is 25.2 Å². The first-order valence-electron chi connectivity index (χ1n) is 7.30. The van der Waals surface area contributed by atoms with Crippen LogP contribution in [0, 0.1) is 0 Å². The molecule has 4 nitrogen and oxygen atoms in total. The first-order chi connectivity index (χ1) is 11.0. The molecule has 0 N–H and O–H groups in total. The molecule has 0 radical (unpaired) electrons. The Morgan fingerprint density at radius 3 is 2.13 bits per heavy atom. The third-order valence-electron chi connectivity index (χ3n) is 3.96. The Balaban J connectivity index is 2.23. The Morgan fingerprint density at radius 2 is 1.65 bits per heavy atom. The Morgan fingerprint density at radius 1 is 1.04 bits per heavy atom. The van der Waals surface area contributed by atoms with Gasteiger partial charge in [0.25, 0.3) is 0 Å². The standard InChI is InChI=1S/C19H20O4/c1-19(13-20,16-8-10-17(22-2)11-9-16)12-14-4-6-15(7-5-14)18(21)23-3/h4-11,13H,12H2,1-3H3. The second-order valence-corrected chi connectivity index (χ2v) is 5.63. The molecule has 2 aromatic rings. The van der Waals surface area contributed by atoms with Crippen LogP contribution < -0.4 is 4.74 Å². The quantitative estimate of drug-likeness (QED) is 0.607. The first kappa shape index (κ1) is 16.7. The summed E-state index contributed by atoms with van der Waals surface area (Å²) < 4.78 is 9.83. The number of rotatable bonds is 6. The molecular weight excluding hydrogens is 292 g/mol. The second-order valence-electron chi connectivity index (χ2n) is 5.63. The van der Waals surface area contributed by atoms with Gasteiger partial charge in [-0.25, -0.2) is 4.79 Å². The van der Waals surface area contributed by atoms with Gasteiger partial charge in [-0.05, 0) is 48.7 Å². The molecule has 0 aliphatic rings. The third kappa shape index (κ3) is 3.77. The number of carbonyl (C=O) groups is 2. The molecule has 0 saturated heterocycles. The van der Waals surface area contributed by atoms with Gasteiger partial charge in [0, 0.05) is 0 Å². The highest BCUT2D eigenvalue weighted by Gasteiger charge is 2.26. The maximum atomic E-state index is 11.7. The maximum Gasteiger partial charge on any atom is 0.337 e. The minimum absolute atomic E-state index is 0.371. The molecule has 2 aromatic carbocycles. The van der Waals surface area contributed by atoms with Crippen molar-refractivity contribution in [1.82, 2.24) is 0 Å². The summed E-state index contributed by atoms with van der Waals surface area (Å²) in [6, 6.07) is 14.6. The highest BCUT2D eigenvalue weighted by molar-refractivity contribution is 5.89. The van der Waals surface area contributed by atoms with Crippen LogP contribution in [0.15, 0.2) is 48.5 Å². The lowest BCUT2D eigenvalue weighted by Gasteiger charge is -2.24. The van der Waals surface area contributed by atoms with E-state index < -0.39 is 5.41 Å². The zero-order chi connectivity index (χ0) is 16.9. The van der Waals surface area contributed by atoms with Crippen LogP contribution in [-0.4, -0.2) is 26.5 Å². The van der Waals surface area contributed by atoms with E-state index in [0.29, 0.717) is 12.0 Å². The Labute approximate surface area is 136 Å². The van der Waals surface area contributed by atoms with Gasteiger partial charge in [0.2, 0.25) is 0 Å². The van der Waals surface area contributed by atoms with E-state index >= 15 is 0 Å². The van der Waals surface area contributed by atoms with Crippen molar-refractivity contribution in [3.63, 3.8) is 0 Å². The lowest BCUT2D eigenvalue weighted by molar-refractivity contribution is -0.112. The molecule has 0 saturated carbocycles. The Bertz CT molecular complexity index is 674. The summed E-state index contributed by atoms with van der Waals surface area (Å²) in [6.07, 6.45) is 1.51. The molecule has 120 valence electrons. The molecule has 0 aliphatic heterocycles. The van der Waals surface area contributed by atoms with Crippen LogP contribution in [0.5, 0.6) is 5.75 Å². The van der Waals surface area contributed by atoms with Gasteiger partial charge in [-0.3, -0.25) is 0 Å². The predicted molar refractivity (Wildman–Crippen MR) is 87.9 cm³/mol. The fourth-order valence-electron chi connectivity index (χ4n) is 2.48. The summed E-state index contributed by atoms with van der Waals surface area (Å²) in [5, 5.41) is 0. The number of hydrogen-bond acceptors (Lipinski definition) is 4. The van der Waals surface area contributed by atoms with E-state index in [1.54, 1.807) is 19.2 Å². The van der Waals surface area contributed by atoms with Crippen molar-refractivity contribution in [2.45, 2.75) is 18.8 Å². The van der Waals surface area contributed by atoms with Crippen molar-refractivity contribution in [2.75, 3.05) is 14.2 Å². The van der Waals surface area contributed by atoms with E-state index in [-0.39, 0.29) is 5.97 Å². The van der Waals surface area contributed by atoms with Crippen LogP contribution in [0.2, 0.25) is 0 Å². The van der Waals surface area contributed by atoms with Crippen molar-refractivity contribution in [2.24, 2.45) is 0 Å². The summed E-state index contributed by atoms with van der Waals surface area (Å²) in [7, 11) is 2.96. The van der Waals surface area contributed by atoms with Crippen LogP contribution >= 0.6 is 0 Å². The van der Waals surface area contributed by atoms with E-state index in [9.17, 15) is 9.59 Å². The van der Waals surface area contributed by atoms with Crippen molar-refractivity contribution in [3.05, 3.63) is 65.2 Å². The number of carbonyl (C=O) groups excluding carboxylic acids is 2. The number of benzene rings is 2. The van der Waals surface area contributed by atoms with Crippen molar-refractivity contribution in [3.8, 4) is 5.75 Å². The SMILES string of the molecule is COC(=O)c1ccc(CC(C)(C=O)c2ccc(OC)cc2)cc1. The molecule has 4 heteroatoms. The summed E-state index contributed by atoms with van der Waals surface area (Å²) in [6.45, 7) is 1.90. The van der Waals surface area contributed by atoms with Crippen LogP contribution in [0.1, 0.15) is 28.4 Å². The Hall–Kier alpha value is -2.62. The summed E-state index contributed by atoms with van der Waals surface area (Å²) in [5.41, 5.74) is 1.75. The van der Waals surface area contributed by atoms with Gasteiger partial charge in [0.1, 0.15) is 12.0 Å².